The molecule has 1 fully saturated rings. The molecule has 1 heterocycles. The molecule has 1 aliphatic heterocycles. The van der Waals surface area contributed by atoms with Crippen molar-refractivity contribution in [2.75, 3.05) is 5.08 Å². The van der Waals surface area contributed by atoms with Gasteiger partial charge in [0.2, 0.25) is 0 Å². The lowest BCUT2D eigenvalue weighted by molar-refractivity contribution is 1.68. The molecule has 0 aliphatic carbocycles. The number of hydrogen-bond acceptors (Lipinski definition) is 3. The van der Waals surface area contributed by atoms with Crippen LogP contribution in [0.5, 0.6) is 0 Å². The molecule has 0 aromatic carbocycles. The number of hydrogen-bond donors (Lipinski definition) is 1. The molecule has 1 nitrogen and oxygen atoms in total. The molecule has 24 valence electrons. The van der Waals surface area contributed by atoms with Gasteiger partial charge in [0.05, 0.1) is 5.08 Å². The van der Waals surface area contributed by atoms with Crippen LogP contribution in [0.25, 0.3) is 0 Å². The van der Waals surface area contributed by atoms with Gasteiger partial charge in [-0.3, -0.25) is 0 Å². The van der Waals surface area contributed by atoms with Gasteiger partial charge >= 0.3 is 0 Å². The third-order valence-electron chi connectivity index (χ3n) is 0.236. The smallest absolute Gasteiger partial charge is 0.0699 e. The lowest BCUT2D eigenvalue weighted by Crippen LogP contribution is -2.00. The third-order valence-corrected chi connectivity index (χ3v) is 2.12. The van der Waals surface area contributed by atoms with Crippen LogP contribution in [0.2, 0.25) is 0 Å². The van der Waals surface area contributed by atoms with Gasteiger partial charge < -0.3 is 0 Å². The predicted octanol–water partition coefficient (Wildman–Crippen LogP) is 0.843. The first-order chi connectivity index (χ1) is 2.00. The van der Waals surface area contributed by atoms with Gasteiger partial charge in [0.25, 0.3) is 0 Å². The van der Waals surface area contributed by atoms with E-state index in [1.165, 1.54) is 5.08 Å². The zero-order valence-electron chi connectivity index (χ0n) is 2.02. The van der Waals surface area contributed by atoms with E-state index in [-0.39, 0.29) is 0 Å². The molecule has 0 spiro atoms. The molecule has 0 aromatic rings. The van der Waals surface area contributed by atoms with Crippen molar-refractivity contribution in [1.82, 2.24) is 4.13 Å². The third kappa shape index (κ3) is 0.338. The zero-order chi connectivity index (χ0) is 2.83. The Morgan fingerprint density at radius 3 is 1.75 bits per heavy atom. The standard InChI is InChI=1S/CH3NS2/c1-3-2-4-1/h2H,1H2. The first-order valence-corrected chi connectivity index (χ1v) is 2.96. The largest absolute Gasteiger partial charge is 0.206 e. The minimum Gasteiger partial charge on any atom is -0.206 e. The van der Waals surface area contributed by atoms with Crippen LogP contribution in [0, 0.1) is 0 Å². The van der Waals surface area contributed by atoms with Crippen LogP contribution in [-0.4, -0.2) is 5.08 Å². The quantitative estimate of drug-likeness (QED) is 0.446. The van der Waals surface area contributed by atoms with Crippen molar-refractivity contribution in [2.45, 2.75) is 0 Å². The highest BCUT2D eigenvalue weighted by molar-refractivity contribution is 8.28. The van der Waals surface area contributed by atoms with Gasteiger partial charge in [0, 0.05) is 0 Å². The van der Waals surface area contributed by atoms with Gasteiger partial charge in [0.15, 0.2) is 0 Å². The monoisotopic (exact) mass is 93.0 g/mol. The van der Waals surface area contributed by atoms with Crippen LogP contribution in [0.3, 0.4) is 0 Å². The molecule has 4 heavy (non-hydrogen) atoms. The summed E-state index contributed by atoms with van der Waals surface area (Å²) in [7, 11) is 0. The molecular weight excluding hydrogens is 90.2 g/mol. The van der Waals surface area contributed by atoms with Crippen LogP contribution in [0.15, 0.2) is 0 Å². The molecule has 0 unspecified atom stereocenters. The van der Waals surface area contributed by atoms with Crippen molar-refractivity contribution < 1.29 is 0 Å². The van der Waals surface area contributed by atoms with E-state index in [0.29, 0.717) is 0 Å². The Bertz CT molecular complexity index is 14.0. The maximum absolute atomic E-state index is 2.94. The summed E-state index contributed by atoms with van der Waals surface area (Å²) < 4.78 is 2.94. The van der Waals surface area contributed by atoms with E-state index >= 15 is 0 Å². The second kappa shape index (κ2) is 1.19. The average molecular weight is 93.2 g/mol. The Morgan fingerprint density at radius 1 is 1.50 bits per heavy atom. The molecule has 0 atom stereocenters. The summed E-state index contributed by atoms with van der Waals surface area (Å²) >= 11 is 3.50. The van der Waals surface area contributed by atoms with Crippen LogP contribution in [-0.2, 0) is 0 Å². The predicted molar refractivity (Wildman–Crippen MR) is 23.2 cm³/mol. The maximum atomic E-state index is 2.94. The summed E-state index contributed by atoms with van der Waals surface area (Å²) in [6, 6.07) is 0. The topological polar surface area (TPSA) is 12.0 Å². The first kappa shape index (κ1) is 2.87. The van der Waals surface area contributed by atoms with Crippen LogP contribution >= 0.6 is 23.9 Å². The fourth-order valence-corrected chi connectivity index (χ4v) is 0.530. The zero-order valence-corrected chi connectivity index (χ0v) is 3.66. The molecule has 0 aromatic heterocycles. The molecule has 0 bridgehead atoms. The molecule has 0 saturated carbocycles. The van der Waals surface area contributed by atoms with E-state index in [1.54, 1.807) is 23.9 Å². The van der Waals surface area contributed by atoms with E-state index in [1.807, 2.05) is 0 Å². The second-order valence-electron chi connectivity index (χ2n) is 0.490. The molecule has 1 aliphatic rings. The Kier molecular flexibility index (Phi) is 0.857. The molecule has 3 heteroatoms. The van der Waals surface area contributed by atoms with Crippen LogP contribution < -0.4 is 4.13 Å². The average Bonchev–Trinajstić information content (AvgIpc) is 0.722. The molecule has 0 radical (unpaired) electrons. The Balaban J connectivity index is 2.00. The minimum atomic E-state index is 1.22. The van der Waals surface area contributed by atoms with E-state index in [0.717, 1.165) is 0 Å². The first-order valence-electron chi connectivity index (χ1n) is 0.986. The summed E-state index contributed by atoms with van der Waals surface area (Å²) in [5.41, 5.74) is 0. The summed E-state index contributed by atoms with van der Waals surface area (Å²) in [5.74, 6) is 0. The fraction of sp³-hybridized carbons (Fsp3) is 1.00. The van der Waals surface area contributed by atoms with E-state index < -0.39 is 0 Å². The minimum absolute atomic E-state index is 1.22. The molecule has 1 N–H and O–H groups in total. The van der Waals surface area contributed by atoms with E-state index in [4.69, 9.17) is 0 Å². The highest BCUT2D eigenvalue weighted by atomic mass is 32.3. The van der Waals surface area contributed by atoms with Gasteiger partial charge in [-0.15, -0.1) is 0 Å². The van der Waals surface area contributed by atoms with Crippen molar-refractivity contribution in [2.24, 2.45) is 0 Å². The van der Waals surface area contributed by atoms with Crippen LogP contribution in [0.1, 0.15) is 0 Å². The molecule has 1 rings (SSSR count). The van der Waals surface area contributed by atoms with Crippen molar-refractivity contribution in [3.05, 3.63) is 0 Å². The van der Waals surface area contributed by atoms with Crippen LogP contribution in [0.4, 0.5) is 0 Å². The molecule has 1 saturated heterocycles. The Morgan fingerprint density at radius 2 is 1.75 bits per heavy atom. The SMILES string of the molecule is C1SNS1. The van der Waals surface area contributed by atoms with Crippen molar-refractivity contribution in [3.8, 4) is 0 Å². The summed E-state index contributed by atoms with van der Waals surface area (Å²) in [5, 5.41) is 1.22. The van der Waals surface area contributed by atoms with Crippen molar-refractivity contribution in [1.29, 1.82) is 0 Å². The van der Waals surface area contributed by atoms with Crippen molar-refractivity contribution in [3.63, 3.8) is 0 Å². The Hall–Kier alpha value is 0.660. The van der Waals surface area contributed by atoms with Gasteiger partial charge in [-0.25, -0.2) is 4.13 Å². The molecule has 0 amide bonds. The highest BCUT2D eigenvalue weighted by Crippen LogP contribution is 2.18. The summed E-state index contributed by atoms with van der Waals surface area (Å²) in [6.45, 7) is 0. The summed E-state index contributed by atoms with van der Waals surface area (Å²) in [6.07, 6.45) is 0. The Labute approximate surface area is 33.8 Å². The van der Waals surface area contributed by atoms with Crippen molar-refractivity contribution >= 4 is 23.9 Å². The second-order valence-corrected chi connectivity index (χ2v) is 2.68. The van der Waals surface area contributed by atoms with Gasteiger partial charge in [-0.1, -0.05) is 23.9 Å². The van der Waals surface area contributed by atoms with Gasteiger partial charge in [0.1, 0.15) is 0 Å². The maximum Gasteiger partial charge on any atom is 0.0699 e. The number of nitrogens with one attached hydrogen (secondary N) is 1. The highest BCUT2D eigenvalue weighted by Gasteiger charge is 1.94. The molecular formula is CH3NS2. The normalized spacial score (nSPS) is 24.0. The number of rotatable bonds is 0. The summed E-state index contributed by atoms with van der Waals surface area (Å²) in [4.78, 5) is 0. The fourth-order valence-electron chi connectivity index (χ4n) is 0.0589. The van der Waals surface area contributed by atoms with Gasteiger partial charge in [-0.05, 0) is 0 Å². The van der Waals surface area contributed by atoms with Gasteiger partial charge in [-0.2, -0.15) is 0 Å². The lowest BCUT2D eigenvalue weighted by atomic mass is 11.9. The lowest BCUT2D eigenvalue weighted by Gasteiger charge is -2.07. The van der Waals surface area contributed by atoms with E-state index in [2.05, 4.69) is 4.13 Å². The van der Waals surface area contributed by atoms with E-state index in [9.17, 15) is 0 Å².